The van der Waals surface area contributed by atoms with Crippen LogP contribution in [0, 0.1) is 0 Å². The molecule has 2 heterocycles. The van der Waals surface area contributed by atoms with E-state index >= 15 is 0 Å². The minimum Gasteiger partial charge on any atom is -0.382 e. The summed E-state index contributed by atoms with van der Waals surface area (Å²) in [6, 6.07) is 18.9. The van der Waals surface area contributed by atoms with E-state index in [1.165, 1.54) is 0 Å². The highest BCUT2D eigenvalue weighted by atomic mass is 35.5. The highest BCUT2D eigenvalue weighted by Gasteiger charge is 2.25. The molecule has 5 rings (SSSR count). The summed E-state index contributed by atoms with van der Waals surface area (Å²) in [4.78, 5) is 0.290. The summed E-state index contributed by atoms with van der Waals surface area (Å²) in [5.41, 5.74) is 1.60. The van der Waals surface area contributed by atoms with Crippen LogP contribution in [-0.4, -0.2) is 37.7 Å². The van der Waals surface area contributed by atoms with Gasteiger partial charge in [-0.2, -0.15) is 5.10 Å². The normalized spacial score (nSPS) is 14.7. The van der Waals surface area contributed by atoms with E-state index in [1.54, 1.807) is 12.1 Å². The number of nitrogens with one attached hydrogen (secondary N) is 3. The number of sulfone groups is 1. The Balaban J connectivity index is 0.00000136. The zero-order valence-corrected chi connectivity index (χ0v) is 19.1. The summed E-state index contributed by atoms with van der Waals surface area (Å²) < 4.78 is 26.9. The standard InChI is InChI=1S/C22H22N4O2S.2ClH/c27-29(28,21-7-3-5-15-4-1-2-6-18(15)21)22-19-9-8-17(14-20(19)25-26-22)24-16-10-12-23-13-11-16;;/h1-9,14,16,23-24H,10-13H2,(H,25,26);2*1H. The number of fused-ring (bicyclic) bond motifs is 2. The molecular formula is C22H24Cl2N4O2S. The smallest absolute Gasteiger partial charge is 0.224 e. The molecule has 6 nitrogen and oxygen atoms in total. The minimum absolute atomic E-state index is 0. The lowest BCUT2D eigenvalue weighted by molar-refractivity contribution is 0.479. The molecule has 0 saturated carbocycles. The monoisotopic (exact) mass is 478 g/mol. The molecule has 0 radical (unpaired) electrons. The molecule has 9 heteroatoms. The topological polar surface area (TPSA) is 86.9 Å². The van der Waals surface area contributed by atoms with Crippen molar-refractivity contribution in [3.8, 4) is 0 Å². The Labute approximate surface area is 193 Å². The maximum Gasteiger partial charge on any atom is 0.224 e. The van der Waals surface area contributed by atoms with Gasteiger partial charge in [0.15, 0.2) is 5.03 Å². The SMILES string of the molecule is Cl.Cl.O=S(=O)(c1cccc2ccccc12)c1[nH]nc2cc(NC3CCNCC3)ccc12. The number of nitrogens with zero attached hydrogens (tertiary/aromatic N) is 1. The average molecular weight is 479 g/mol. The predicted molar refractivity (Wildman–Crippen MR) is 130 cm³/mol. The van der Waals surface area contributed by atoms with Crippen molar-refractivity contribution in [3.63, 3.8) is 0 Å². The maximum atomic E-state index is 13.4. The first-order valence-electron chi connectivity index (χ1n) is 9.81. The Morgan fingerprint density at radius 1 is 0.903 bits per heavy atom. The fourth-order valence-corrected chi connectivity index (χ4v) is 5.60. The van der Waals surface area contributed by atoms with E-state index in [4.69, 9.17) is 0 Å². The van der Waals surface area contributed by atoms with E-state index in [1.807, 2.05) is 48.5 Å². The number of rotatable bonds is 4. The maximum absolute atomic E-state index is 13.4. The van der Waals surface area contributed by atoms with Crippen LogP contribution in [0.2, 0.25) is 0 Å². The van der Waals surface area contributed by atoms with Crippen molar-refractivity contribution >= 4 is 62.0 Å². The first kappa shape index (κ1) is 23.3. The molecule has 31 heavy (non-hydrogen) atoms. The van der Waals surface area contributed by atoms with Crippen LogP contribution in [0.5, 0.6) is 0 Å². The molecule has 1 aromatic heterocycles. The van der Waals surface area contributed by atoms with Gasteiger partial charge in [-0.05, 0) is 55.6 Å². The Morgan fingerprint density at radius 3 is 2.45 bits per heavy atom. The van der Waals surface area contributed by atoms with Crippen molar-refractivity contribution in [3.05, 3.63) is 60.7 Å². The van der Waals surface area contributed by atoms with Gasteiger partial charge in [0, 0.05) is 22.5 Å². The van der Waals surface area contributed by atoms with Crippen LogP contribution in [0.3, 0.4) is 0 Å². The number of aromatic nitrogens is 2. The Morgan fingerprint density at radius 2 is 1.65 bits per heavy atom. The second-order valence-electron chi connectivity index (χ2n) is 7.43. The molecule has 0 bridgehead atoms. The molecule has 3 aromatic carbocycles. The number of aromatic amines is 1. The van der Waals surface area contributed by atoms with Crippen LogP contribution in [0.1, 0.15) is 12.8 Å². The second kappa shape index (κ2) is 9.44. The third-order valence-corrected chi connectivity index (χ3v) is 7.32. The van der Waals surface area contributed by atoms with Crippen molar-refractivity contribution in [2.75, 3.05) is 18.4 Å². The first-order chi connectivity index (χ1) is 14.1. The summed E-state index contributed by atoms with van der Waals surface area (Å²) in [5.74, 6) is 0. The van der Waals surface area contributed by atoms with Gasteiger partial charge in [-0.25, -0.2) is 8.42 Å². The molecule has 3 N–H and O–H groups in total. The number of hydrogen-bond donors (Lipinski definition) is 3. The summed E-state index contributed by atoms with van der Waals surface area (Å²) in [6.45, 7) is 2.02. The first-order valence-corrected chi connectivity index (χ1v) is 11.3. The molecule has 1 aliphatic rings. The molecule has 0 aliphatic carbocycles. The molecule has 1 aliphatic heterocycles. The van der Waals surface area contributed by atoms with Gasteiger partial charge < -0.3 is 10.6 Å². The lowest BCUT2D eigenvalue weighted by Crippen LogP contribution is -2.35. The Hall–Kier alpha value is -2.32. The second-order valence-corrected chi connectivity index (χ2v) is 9.29. The summed E-state index contributed by atoms with van der Waals surface area (Å²) in [5, 5.41) is 16.3. The molecule has 1 fully saturated rings. The molecule has 0 atom stereocenters. The van der Waals surface area contributed by atoms with Gasteiger partial charge in [-0.15, -0.1) is 24.8 Å². The largest absolute Gasteiger partial charge is 0.382 e. The van der Waals surface area contributed by atoms with Crippen LogP contribution < -0.4 is 10.6 Å². The van der Waals surface area contributed by atoms with E-state index in [0.717, 1.165) is 37.0 Å². The number of anilines is 1. The summed E-state index contributed by atoms with van der Waals surface area (Å²) in [6.07, 6.45) is 2.14. The van der Waals surface area contributed by atoms with Gasteiger partial charge in [-0.1, -0.05) is 36.4 Å². The zero-order valence-electron chi connectivity index (χ0n) is 16.7. The van der Waals surface area contributed by atoms with Crippen LogP contribution >= 0.6 is 24.8 Å². The summed E-state index contributed by atoms with van der Waals surface area (Å²) >= 11 is 0. The van der Waals surface area contributed by atoms with Gasteiger partial charge in [0.25, 0.3) is 0 Å². The van der Waals surface area contributed by atoms with Crippen molar-refractivity contribution in [1.82, 2.24) is 15.5 Å². The highest BCUT2D eigenvalue weighted by molar-refractivity contribution is 7.91. The van der Waals surface area contributed by atoms with E-state index in [0.29, 0.717) is 22.3 Å². The summed E-state index contributed by atoms with van der Waals surface area (Å²) in [7, 11) is -3.74. The van der Waals surface area contributed by atoms with Crippen LogP contribution in [-0.2, 0) is 9.84 Å². The number of halogens is 2. The predicted octanol–water partition coefficient (Wildman–Crippen LogP) is 4.56. The van der Waals surface area contributed by atoms with E-state index in [2.05, 4.69) is 20.8 Å². The fourth-order valence-electron chi connectivity index (χ4n) is 4.02. The molecule has 164 valence electrons. The molecule has 0 amide bonds. The van der Waals surface area contributed by atoms with Crippen molar-refractivity contribution in [2.45, 2.75) is 28.8 Å². The van der Waals surface area contributed by atoms with Crippen LogP contribution in [0.4, 0.5) is 5.69 Å². The van der Waals surface area contributed by atoms with Crippen molar-refractivity contribution in [2.24, 2.45) is 0 Å². The molecule has 1 saturated heterocycles. The van der Waals surface area contributed by atoms with Crippen molar-refractivity contribution < 1.29 is 8.42 Å². The zero-order chi connectivity index (χ0) is 19.8. The minimum atomic E-state index is -3.74. The number of H-pyrrole nitrogens is 1. The third-order valence-electron chi connectivity index (χ3n) is 5.54. The third kappa shape index (κ3) is 4.36. The lowest BCUT2D eigenvalue weighted by Gasteiger charge is -2.24. The number of benzene rings is 3. The number of hydrogen-bond acceptors (Lipinski definition) is 5. The Kier molecular flexibility index (Phi) is 7.11. The van der Waals surface area contributed by atoms with E-state index in [-0.39, 0.29) is 34.7 Å². The van der Waals surface area contributed by atoms with Gasteiger partial charge in [-0.3, -0.25) is 5.10 Å². The number of piperidine rings is 1. The van der Waals surface area contributed by atoms with E-state index in [9.17, 15) is 8.42 Å². The molecule has 4 aromatic rings. The van der Waals surface area contributed by atoms with Crippen LogP contribution in [0.25, 0.3) is 21.7 Å². The molecule has 0 spiro atoms. The lowest BCUT2D eigenvalue weighted by atomic mass is 10.1. The van der Waals surface area contributed by atoms with Gasteiger partial charge >= 0.3 is 0 Å². The van der Waals surface area contributed by atoms with Gasteiger partial charge in [0.1, 0.15) is 0 Å². The van der Waals surface area contributed by atoms with Crippen LogP contribution in [0.15, 0.2) is 70.6 Å². The fraction of sp³-hybridized carbons (Fsp3) is 0.227. The van der Waals surface area contributed by atoms with Gasteiger partial charge in [0.05, 0.1) is 10.4 Å². The molecule has 0 unspecified atom stereocenters. The van der Waals surface area contributed by atoms with E-state index < -0.39 is 9.84 Å². The van der Waals surface area contributed by atoms with Gasteiger partial charge in [0.2, 0.25) is 9.84 Å². The Bertz CT molecular complexity index is 1300. The molecular weight excluding hydrogens is 455 g/mol. The quantitative estimate of drug-likeness (QED) is 0.400. The van der Waals surface area contributed by atoms with Crippen molar-refractivity contribution in [1.29, 1.82) is 0 Å². The average Bonchev–Trinajstić information content (AvgIpc) is 3.18. The highest BCUT2D eigenvalue weighted by Crippen LogP contribution is 2.32.